The summed E-state index contributed by atoms with van der Waals surface area (Å²) in [5, 5.41) is 12.7. The second-order valence-corrected chi connectivity index (χ2v) is 5.93. The molecule has 0 spiro atoms. The molecule has 1 fully saturated rings. The van der Waals surface area contributed by atoms with Gasteiger partial charge in [0.05, 0.1) is 0 Å². The number of hydrogen-bond donors (Lipinski definition) is 2. The van der Waals surface area contributed by atoms with E-state index < -0.39 is 0 Å². The standard InChI is InChI=1S/C14H30N2O/c1-12(2)14(11-17)10-15-7-4-13-5-8-16(3)9-6-13/h12-15,17H,4-11H2,1-3H3. The maximum absolute atomic E-state index is 9.23. The first-order valence-electron chi connectivity index (χ1n) is 7.13. The Balaban J connectivity index is 2.03. The van der Waals surface area contributed by atoms with Crippen LogP contribution in [0, 0.1) is 17.8 Å². The zero-order chi connectivity index (χ0) is 12.7. The highest BCUT2D eigenvalue weighted by atomic mass is 16.3. The van der Waals surface area contributed by atoms with E-state index in [1.54, 1.807) is 0 Å². The molecule has 17 heavy (non-hydrogen) atoms. The SMILES string of the molecule is CC(C)C(CO)CNCCC1CCN(C)CC1. The fraction of sp³-hybridized carbons (Fsp3) is 1.00. The quantitative estimate of drug-likeness (QED) is 0.665. The average Bonchev–Trinajstić information content (AvgIpc) is 2.31. The van der Waals surface area contributed by atoms with Gasteiger partial charge in [-0.05, 0) is 63.7 Å². The van der Waals surface area contributed by atoms with Crippen LogP contribution < -0.4 is 5.32 Å². The van der Waals surface area contributed by atoms with Crippen LogP contribution in [-0.2, 0) is 0 Å². The Labute approximate surface area is 107 Å². The molecule has 0 amide bonds. The maximum Gasteiger partial charge on any atom is 0.0473 e. The van der Waals surface area contributed by atoms with Crippen molar-refractivity contribution in [3.05, 3.63) is 0 Å². The van der Waals surface area contributed by atoms with E-state index >= 15 is 0 Å². The highest BCUT2D eigenvalue weighted by Crippen LogP contribution is 2.18. The third kappa shape index (κ3) is 5.84. The monoisotopic (exact) mass is 242 g/mol. The molecule has 0 aromatic rings. The van der Waals surface area contributed by atoms with Gasteiger partial charge in [0.2, 0.25) is 0 Å². The Morgan fingerprint density at radius 2 is 1.94 bits per heavy atom. The molecule has 1 heterocycles. The molecular weight excluding hydrogens is 212 g/mol. The van der Waals surface area contributed by atoms with E-state index in [9.17, 15) is 5.11 Å². The van der Waals surface area contributed by atoms with E-state index in [0.717, 1.165) is 19.0 Å². The second-order valence-electron chi connectivity index (χ2n) is 5.93. The van der Waals surface area contributed by atoms with Crippen molar-refractivity contribution >= 4 is 0 Å². The molecule has 1 unspecified atom stereocenters. The molecule has 3 nitrogen and oxygen atoms in total. The van der Waals surface area contributed by atoms with Gasteiger partial charge in [0.1, 0.15) is 0 Å². The largest absolute Gasteiger partial charge is 0.396 e. The second kappa shape index (κ2) is 8.06. The Hall–Kier alpha value is -0.120. The molecule has 1 rings (SSSR count). The number of hydrogen-bond acceptors (Lipinski definition) is 3. The molecule has 0 saturated carbocycles. The molecule has 1 atom stereocenters. The number of nitrogens with one attached hydrogen (secondary N) is 1. The summed E-state index contributed by atoms with van der Waals surface area (Å²) in [4.78, 5) is 2.42. The van der Waals surface area contributed by atoms with Crippen molar-refractivity contribution in [3.63, 3.8) is 0 Å². The molecular formula is C14H30N2O. The zero-order valence-corrected chi connectivity index (χ0v) is 11.8. The predicted molar refractivity (Wildman–Crippen MR) is 73.1 cm³/mol. The summed E-state index contributed by atoms with van der Waals surface area (Å²) in [6, 6.07) is 0. The highest BCUT2D eigenvalue weighted by Gasteiger charge is 2.16. The van der Waals surface area contributed by atoms with Gasteiger partial charge in [-0.3, -0.25) is 0 Å². The Bertz CT molecular complexity index is 189. The Morgan fingerprint density at radius 3 is 2.47 bits per heavy atom. The Morgan fingerprint density at radius 1 is 1.29 bits per heavy atom. The third-order valence-corrected chi connectivity index (χ3v) is 4.15. The minimum Gasteiger partial charge on any atom is -0.396 e. The van der Waals surface area contributed by atoms with Crippen molar-refractivity contribution in [3.8, 4) is 0 Å². The van der Waals surface area contributed by atoms with Gasteiger partial charge in [-0.2, -0.15) is 0 Å². The number of aliphatic hydroxyl groups excluding tert-OH is 1. The minimum absolute atomic E-state index is 0.304. The molecule has 0 bridgehead atoms. The van der Waals surface area contributed by atoms with Gasteiger partial charge >= 0.3 is 0 Å². The zero-order valence-electron chi connectivity index (χ0n) is 11.8. The van der Waals surface area contributed by atoms with Crippen LogP contribution in [0.25, 0.3) is 0 Å². The third-order valence-electron chi connectivity index (χ3n) is 4.15. The van der Waals surface area contributed by atoms with Crippen molar-refractivity contribution < 1.29 is 5.11 Å². The fourth-order valence-corrected chi connectivity index (χ4v) is 2.46. The van der Waals surface area contributed by atoms with Crippen LogP contribution in [0.15, 0.2) is 0 Å². The van der Waals surface area contributed by atoms with Gasteiger partial charge in [-0.25, -0.2) is 0 Å². The summed E-state index contributed by atoms with van der Waals surface area (Å²) in [6.07, 6.45) is 4.00. The van der Waals surface area contributed by atoms with Crippen molar-refractivity contribution in [2.75, 3.05) is 39.8 Å². The molecule has 0 aromatic carbocycles. The van der Waals surface area contributed by atoms with Gasteiger partial charge in [-0.15, -0.1) is 0 Å². The normalized spacial score (nSPS) is 21.0. The van der Waals surface area contributed by atoms with Crippen molar-refractivity contribution in [1.82, 2.24) is 10.2 Å². The van der Waals surface area contributed by atoms with Gasteiger partial charge in [0.25, 0.3) is 0 Å². The number of piperidine rings is 1. The van der Waals surface area contributed by atoms with Crippen LogP contribution in [0.3, 0.4) is 0 Å². The van der Waals surface area contributed by atoms with Crippen LogP contribution in [0.2, 0.25) is 0 Å². The van der Waals surface area contributed by atoms with Gasteiger partial charge in [-0.1, -0.05) is 13.8 Å². The fourth-order valence-electron chi connectivity index (χ4n) is 2.46. The van der Waals surface area contributed by atoms with Crippen LogP contribution in [0.1, 0.15) is 33.1 Å². The van der Waals surface area contributed by atoms with E-state index in [4.69, 9.17) is 0 Å². The number of likely N-dealkylation sites (tertiary alicyclic amines) is 1. The first-order valence-corrected chi connectivity index (χ1v) is 7.13. The number of nitrogens with zero attached hydrogens (tertiary/aromatic N) is 1. The van der Waals surface area contributed by atoms with Gasteiger partial charge in [0, 0.05) is 13.2 Å². The molecule has 0 aromatic heterocycles. The summed E-state index contributed by atoms with van der Waals surface area (Å²) in [7, 11) is 2.21. The molecule has 1 saturated heterocycles. The van der Waals surface area contributed by atoms with Gasteiger partial charge < -0.3 is 15.3 Å². The first-order chi connectivity index (χ1) is 8.13. The van der Waals surface area contributed by atoms with Crippen molar-refractivity contribution in [1.29, 1.82) is 0 Å². The predicted octanol–water partition coefficient (Wildman–Crippen LogP) is 1.57. The smallest absolute Gasteiger partial charge is 0.0473 e. The van der Waals surface area contributed by atoms with Crippen LogP contribution in [-0.4, -0.2) is 49.8 Å². The average molecular weight is 242 g/mol. The molecule has 1 aliphatic rings. The summed E-state index contributed by atoms with van der Waals surface area (Å²) < 4.78 is 0. The van der Waals surface area contributed by atoms with Crippen molar-refractivity contribution in [2.24, 2.45) is 17.8 Å². The highest BCUT2D eigenvalue weighted by molar-refractivity contribution is 4.71. The lowest BCUT2D eigenvalue weighted by Gasteiger charge is -2.29. The molecule has 0 aliphatic carbocycles. The summed E-state index contributed by atoms with van der Waals surface area (Å²) in [6.45, 7) is 9.25. The molecule has 1 aliphatic heterocycles. The van der Waals surface area contributed by atoms with E-state index in [0.29, 0.717) is 18.4 Å². The van der Waals surface area contributed by atoms with Gasteiger partial charge in [0.15, 0.2) is 0 Å². The summed E-state index contributed by atoms with van der Waals surface area (Å²) in [5.41, 5.74) is 0. The van der Waals surface area contributed by atoms with E-state index in [-0.39, 0.29) is 0 Å². The van der Waals surface area contributed by atoms with E-state index in [1.807, 2.05) is 0 Å². The topological polar surface area (TPSA) is 35.5 Å². The molecule has 2 N–H and O–H groups in total. The molecule has 0 radical (unpaired) electrons. The van der Waals surface area contributed by atoms with Crippen LogP contribution in [0.5, 0.6) is 0 Å². The lowest BCUT2D eigenvalue weighted by molar-refractivity contribution is 0.182. The summed E-state index contributed by atoms with van der Waals surface area (Å²) >= 11 is 0. The van der Waals surface area contributed by atoms with Crippen molar-refractivity contribution in [2.45, 2.75) is 33.1 Å². The minimum atomic E-state index is 0.304. The van der Waals surface area contributed by atoms with E-state index in [2.05, 4.69) is 31.1 Å². The molecule has 102 valence electrons. The molecule has 3 heteroatoms. The number of rotatable bonds is 7. The van der Waals surface area contributed by atoms with Crippen LogP contribution >= 0.6 is 0 Å². The Kier molecular flexibility index (Phi) is 7.09. The van der Waals surface area contributed by atoms with Crippen LogP contribution in [0.4, 0.5) is 0 Å². The lowest BCUT2D eigenvalue weighted by Crippen LogP contribution is -2.33. The summed E-state index contributed by atoms with van der Waals surface area (Å²) in [5.74, 6) is 1.88. The van der Waals surface area contributed by atoms with E-state index in [1.165, 1.54) is 32.4 Å². The lowest BCUT2D eigenvalue weighted by atomic mass is 9.93. The maximum atomic E-state index is 9.23. The number of aliphatic hydroxyl groups is 1. The first kappa shape index (κ1) is 14.9.